The fourth-order valence-electron chi connectivity index (χ4n) is 1.37. The molecule has 0 aliphatic rings. The van der Waals surface area contributed by atoms with Crippen molar-refractivity contribution in [2.75, 3.05) is 13.7 Å². The lowest BCUT2D eigenvalue weighted by Crippen LogP contribution is -2.38. The third-order valence-electron chi connectivity index (χ3n) is 2.35. The van der Waals surface area contributed by atoms with Crippen LogP contribution in [0.25, 0.3) is 0 Å². The highest BCUT2D eigenvalue weighted by atomic mass is 32.2. The maximum Gasteiger partial charge on any atom is 0.339 e. The van der Waals surface area contributed by atoms with Crippen LogP contribution in [0.15, 0.2) is 23.1 Å². The lowest BCUT2D eigenvalue weighted by molar-refractivity contribution is 0.0596. The van der Waals surface area contributed by atoms with E-state index in [1.165, 1.54) is 0 Å². The van der Waals surface area contributed by atoms with Crippen LogP contribution in [0.1, 0.15) is 17.3 Å². The predicted octanol–water partition coefficient (Wildman–Crippen LogP) is 0.238. The molecule has 6 nitrogen and oxygen atoms in total. The van der Waals surface area contributed by atoms with Crippen molar-refractivity contribution >= 4 is 16.0 Å². The number of ether oxygens (including phenoxy) is 1. The molecule has 1 aromatic carbocycles. The Morgan fingerprint density at radius 1 is 1.53 bits per heavy atom. The van der Waals surface area contributed by atoms with Crippen LogP contribution >= 0.6 is 0 Å². The SMILES string of the molecule is COC(=O)c1ccc(F)cc1S(=O)(=O)N[C@@H](C)CN. The molecule has 0 aliphatic carbocycles. The van der Waals surface area contributed by atoms with E-state index in [9.17, 15) is 17.6 Å². The first-order valence-electron chi connectivity index (χ1n) is 5.42. The van der Waals surface area contributed by atoms with Crippen LogP contribution in [0.3, 0.4) is 0 Å². The Hall–Kier alpha value is -1.51. The van der Waals surface area contributed by atoms with Crippen molar-refractivity contribution in [2.45, 2.75) is 17.9 Å². The molecule has 0 amide bonds. The van der Waals surface area contributed by atoms with E-state index in [0.29, 0.717) is 0 Å². The highest BCUT2D eigenvalue weighted by Gasteiger charge is 2.25. The maximum absolute atomic E-state index is 13.2. The van der Waals surface area contributed by atoms with Crippen LogP contribution in [0.2, 0.25) is 0 Å². The van der Waals surface area contributed by atoms with Gasteiger partial charge in [-0.2, -0.15) is 0 Å². The second kappa shape index (κ2) is 6.09. The molecule has 1 atom stereocenters. The number of halogens is 1. The molecule has 0 aromatic heterocycles. The van der Waals surface area contributed by atoms with E-state index >= 15 is 0 Å². The Balaban J connectivity index is 3.32. The highest BCUT2D eigenvalue weighted by Crippen LogP contribution is 2.18. The summed E-state index contributed by atoms with van der Waals surface area (Å²) in [5.74, 6) is -1.63. The predicted molar refractivity (Wildman–Crippen MR) is 66.6 cm³/mol. The number of rotatable bonds is 5. The van der Waals surface area contributed by atoms with E-state index in [1.807, 2.05) is 0 Å². The normalized spacial score (nSPS) is 13.1. The first-order chi connectivity index (χ1) is 8.81. The third-order valence-corrected chi connectivity index (χ3v) is 3.98. The summed E-state index contributed by atoms with van der Waals surface area (Å²) in [5, 5.41) is 0. The van der Waals surface area contributed by atoms with Gasteiger partial charge >= 0.3 is 5.97 Å². The van der Waals surface area contributed by atoms with Crippen molar-refractivity contribution in [1.82, 2.24) is 4.72 Å². The van der Waals surface area contributed by atoms with Crippen LogP contribution in [0.4, 0.5) is 4.39 Å². The van der Waals surface area contributed by atoms with Crippen LogP contribution in [-0.4, -0.2) is 34.1 Å². The van der Waals surface area contributed by atoms with Crippen molar-refractivity contribution in [1.29, 1.82) is 0 Å². The molecular formula is C11H15FN2O4S. The zero-order chi connectivity index (χ0) is 14.6. The number of benzene rings is 1. The summed E-state index contributed by atoms with van der Waals surface area (Å²) >= 11 is 0. The van der Waals surface area contributed by atoms with Crippen LogP contribution in [0.5, 0.6) is 0 Å². The van der Waals surface area contributed by atoms with Gasteiger partial charge in [-0.25, -0.2) is 22.3 Å². The molecule has 0 bridgehead atoms. The number of sulfonamides is 1. The lowest BCUT2D eigenvalue weighted by atomic mass is 10.2. The zero-order valence-electron chi connectivity index (χ0n) is 10.5. The standard InChI is InChI=1S/C11H15FN2O4S/c1-7(6-13)14-19(16,17)10-5-8(12)3-4-9(10)11(15)18-2/h3-5,7,14H,6,13H2,1-2H3/t7-/m0/s1. The molecule has 1 aromatic rings. The van der Waals surface area contributed by atoms with Gasteiger partial charge < -0.3 is 10.5 Å². The van der Waals surface area contributed by atoms with Crippen molar-refractivity contribution in [3.8, 4) is 0 Å². The van der Waals surface area contributed by atoms with Gasteiger partial charge in [0.15, 0.2) is 0 Å². The third kappa shape index (κ3) is 3.72. The van der Waals surface area contributed by atoms with Gasteiger partial charge in [0.1, 0.15) is 5.82 Å². The topological polar surface area (TPSA) is 98.5 Å². The molecule has 106 valence electrons. The molecule has 0 radical (unpaired) electrons. The van der Waals surface area contributed by atoms with Gasteiger partial charge in [-0.1, -0.05) is 0 Å². The smallest absolute Gasteiger partial charge is 0.339 e. The number of hydrogen-bond donors (Lipinski definition) is 2. The number of nitrogens with two attached hydrogens (primary N) is 1. The Bertz CT molecular complexity index is 574. The monoisotopic (exact) mass is 290 g/mol. The van der Waals surface area contributed by atoms with E-state index in [1.54, 1.807) is 6.92 Å². The second-order valence-electron chi connectivity index (χ2n) is 3.89. The Morgan fingerprint density at radius 2 is 2.16 bits per heavy atom. The largest absolute Gasteiger partial charge is 0.465 e. The molecule has 1 rings (SSSR count). The molecule has 0 heterocycles. The fraction of sp³-hybridized carbons (Fsp3) is 0.364. The Morgan fingerprint density at radius 3 is 2.68 bits per heavy atom. The summed E-state index contributed by atoms with van der Waals surface area (Å²) in [7, 11) is -2.94. The van der Waals surface area contributed by atoms with Crippen LogP contribution in [-0.2, 0) is 14.8 Å². The van der Waals surface area contributed by atoms with E-state index in [0.717, 1.165) is 25.3 Å². The maximum atomic E-state index is 13.2. The summed E-state index contributed by atoms with van der Waals surface area (Å²) in [6, 6.07) is 2.26. The van der Waals surface area contributed by atoms with Crippen molar-refractivity contribution in [3.05, 3.63) is 29.6 Å². The summed E-state index contributed by atoms with van der Waals surface area (Å²) in [5.41, 5.74) is 5.08. The first kappa shape index (κ1) is 15.5. The molecule has 19 heavy (non-hydrogen) atoms. The summed E-state index contributed by atoms with van der Waals surface area (Å²) in [6.07, 6.45) is 0. The second-order valence-corrected chi connectivity index (χ2v) is 5.57. The number of carbonyl (C=O) groups excluding carboxylic acids is 1. The van der Waals surface area contributed by atoms with Crippen LogP contribution in [0, 0.1) is 5.82 Å². The first-order valence-corrected chi connectivity index (χ1v) is 6.90. The van der Waals surface area contributed by atoms with Crippen molar-refractivity contribution in [3.63, 3.8) is 0 Å². The van der Waals surface area contributed by atoms with Gasteiger partial charge in [0, 0.05) is 12.6 Å². The fourth-order valence-corrected chi connectivity index (χ4v) is 2.84. The van der Waals surface area contributed by atoms with Crippen molar-refractivity contribution in [2.24, 2.45) is 5.73 Å². The molecule has 3 N–H and O–H groups in total. The number of nitrogens with one attached hydrogen (secondary N) is 1. The van der Waals surface area contributed by atoms with Crippen LogP contribution < -0.4 is 10.5 Å². The quantitative estimate of drug-likeness (QED) is 0.757. The van der Waals surface area contributed by atoms with Gasteiger partial charge in [0.2, 0.25) is 10.0 Å². The molecule has 0 aliphatic heterocycles. The average Bonchev–Trinajstić information content (AvgIpc) is 2.37. The van der Waals surface area contributed by atoms with E-state index in [4.69, 9.17) is 5.73 Å². The highest BCUT2D eigenvalue weighted by molar-refractivity contribution is 7.89. The molecule has 0 saturated heterocycles. The minimum atomic E-state index is -4.05. The van der Waals surface area contributed by atoms with E-state index in [2.05, 4.69) is 9.46 Å². The van der Waals surface area contributed by atoms with Gasteiger partial charge in [0.25, 0.3) is 0 Å². The minimum Gasteiger partial charge on any atom is -0.465 e. The summed E-state index contributed by atoms with van der Waals surface area (Å²) in [4.78, 5) is 11.0. The number of carbonyl (C=O) groups is 1. The van der Waals surface area contributed by atoms with Gasteiger partial charge in [0.05, 0.1) is 17.6 Å². The molecule has 0 fully saturated rings. The Labute approximate surface area is 110 Å². The van der Waals surface area contributed by atoms with E-state index < -0.39 is 32.7 Å². The molecule has 0 spiro atoms. The molecular weight excluding hydrogens is 275 g/mol. The molecule has 0 saturated carbocycles. The van der Waals surface area contributed by atoms with Gasteiger partial charge in [-0.05, 0) is 25.1 Å². The van der Waals surface area contributed by atoms with Crippen molar-refractivity contribution < 1.29 is 22.3 Å². The van der Waals surface area contributed by atoms with Gasteiger partial charge in [-0.15, -0.1) is 0 Å². The molecule has 0 unspecified atom stereocenters. The summed E-state index contributed by atoms with van der Waals surface area (Å²) in [6.45, 7) is 1.62. The number of esters is 1. The minimum absolute atomic E-state index is 0.0715. The number of methoxy groups -OCH3 is 1. The average molecular weight is 290 g/mol. The Kier molecular flexibility index (Phi) is 4.98. The van der Waals surface area contributed by atoms with Gasteiger partial charge in [-0.3, -0.25) is 0 Å². The lowest BCUT2D eigenvalue weighted by Gasteiger charge is -2.14. The number of hydrogen-bond acceptors (Lipinski definition) is 5. The summed E-state index contributed by atoms with van der Waals surface area (Å²) < 4.78 is 44.0. The van der Waals surface area contributed by atoms with E-state index in [-0.39, 0.29) is 12.1 Å². The zero-order valence-corrected chi connectivity index (χ0v) is 11.3. The molecule has 8 heteroatoms.